The first kappa shape index (κ1) is 18.1. The molecule has 4 aromatic carbocycles. The molecule has 2 aliphatic heterocycles. The van der Waals surface area contributed by atoms with Crippen molar-refractivity contribution in [1.82, 2.24) is 0 Å². The molecule has 0 saturated heterocycles. The lowest BCUT2D eigenvalue weighted by molar-refractivity contribution is 0.446. The van der Waals surface area contributed by atoms with Crippen LogP contribution in [0.25, 0.3) is 11.1 Å². The molecular weight excluding hydrogens is 382 g/mol. The summed E-state index contributed by atoms with van der Waals surface area (Å²) >= 11 is 0. The molecule has 3 nitrogen and oxygen atoms in total. The van der Waals surface area contributed by atoms with E-state index in [9.17, 15) is 0 Å². The van der Waals surface area contributed by atoms with Gasteiger partial charge in [0.1, 0.15) is 5.69 Å². The summed E-state index contributed by atoms with van der Waals surface area (Å²) in [5, 5.41) is 0. The number of fused-ring (bicyclic) bond motifs is 4. The van der Waals surface area contributed by atoms with Gasteiger partial charge in [0, 0.05) is 0 Å². The zero-order valence-corrected chi connectivity index (χ0v) is 17.8. The third-order valence-electron chi connectivity index (χ3n) is 5.96. The van der Waals surface area contributed by atoms with Crippen LogP contribution in [0.2, 0.25) is 0 Å². The standard InChI is InChI=1S/C28H23NO2/c1-28(2,3)20-11-5-4-10-19(20)18-16-25-27-26(17-18)31-24-15-9-7-13-22(24)29(27)21-12-6-8-14-23(21)30-25/h4-17H,1-3H3. The summed E-state index contributed by atoms with van der Waals surface area (Å²) in [6, 6.07) is 29.2. The third-order valence-corrected chi connectivity index (χ3v) is 5.96. The summed E-state index contributed by atoms with van der Waals surface area (Å²) in [5.74, 6) is 3.31. The van der Waals surface area contributed by atoms with Crippen LogP contribution < -0.4 is 14.4 Å². The summed E-state index contributed by atoms with van der Waals surface area (Å²) in [4.78, 5) is 2.25. The molecule has 0 aliphatic carbocycles. The maximum Gasteiger partial charge on any atom is 0.156 e. The van der Waals surface area contributed by atoms with Gasteiger partial charge in [-0.1, -0.05) is 69.3 Å². The molecule has 0 fully saturated rings. The van der Waals surface area contributed by atoms with Crippen molar-refractivity contribution >= 4 is 17.1 Å². The molecule has 0 saturated carbocycles. The van der Waals surface area contributed by atoms with E-state index in [0.717, 1.165) is 45.6 Å². The van der Waals surface area contributed by atoms with E-state index in [-0.39, 0.29) is 5.41 Å². The van der Waals surface area contributed by atoms with Gasteiger partial charge in [-0.15, -0.1) is 0 Å². The van der Waals surface area contributed by atoms with Crippen molar-refractivity contribution in [2.24, 2.45) is 0 Å². The van der Waals surface area contributed by atoms with Crippen molar-refractivity contribution in [3.8, 4) is 34.1 Å². The predicted molar refractivity (Wildman–Crippen MR) is 125 cm³/mol. The quantitative estimate of drug-likeness (QED) is 0.274. The Kier molecular flexibility index (Phi) is 3.73. The van der Waals surface area contributed by atoms with Gasteiger partial charge in [0.25, 0.3) is 0 Å². The van der Waals surface area contributed by atoms with Crippen molar-refractivity contribution in [3.05, 3.63) is 90.5 Å². The molecule has 0 bridgehead atoms. The average Bonchev–Trinajstić information content (AvgIpc) is 2.78. The van der Waals surface area contributed by atoms with Gasteiger partial charge in [0.05, 0.1) is 11.4 Å². The molecule has 0 aromatic heterocycles. The number of para-hydroxylation sites is 4. The Bertz CT molecular complexity index is 1260. The molecule has 6 rings (SSSR count). The second kappa shape index (κ2) is 6.39. The van der Waals surface area contributed by atoms with Crippen molar-refractivity contribution in [2.45, 2.75) is 26.2 Å². The number of benzene rings is 4. The zero-order valence-electron chi connectivity index (χ0n) is 17.8. The number of nitrogens with zero attached hydrogens (tertiary/aromatic N) is 1. The lowest BCUT2D eigenvalue weighted by Gasteiger charge is -2.38. The zero-order chi connectivity index (χ0) is 21.2. The van der Waals surface area contributed by atoms with Crippen molar-refractivity contribution < 1.29 is 9.47 Å². The highest BCUT2D eigenvalue weighted by Gasteiger charge is 2.35. The highest BCUT2D eigenvalue weighted by atomic mass is 16.5. The number of hydrogen-bond donors (Lipinski definition) is 0. The number of ether oxygens (including phenoxy) is 2. The Morgan fingerprint density at radius 2 is 1.13 bits per heavy atom. The molecule has 2 aliphatic rings. The Hall–Kier alpha value is -3.72. The van der Waals surface area contributed by atoms with Crippen LogP contribution in [-0.4, -0.2) is 0 Å². The minimum Gasteiger partial charge on any atom is -0.453 e. The van der Waals surface area contributed by atoms with Gasteiger partial charge in [0.2, 0.25) is 0 Å². The summed E-state index contributed by atoms with van der Waals surface area (Å²) in [5.41, 5.74) is 6.62. The molecule has 4 aromatic rings. The second-order valence-electron chi connectivity index (χ2n) is 9.09. The van der Waals surface area contributed by atoms with Crippen LogP contribution in [0.4, 0.5) is 17.1 Å². The predicted octanol–water partition coefficient (Wildman–Crippen LogP) is 8.33. The maximum atomic E-state index is 6.41. The summed E-state index contributed by atoms with van der Waals surface area (Å²) in [7, 11) is 0. The molecular formula is C28H23NO2. The monoisotopic (exact) mass is 405 g/mol. The molecule has 152 valence electrons. The largest absolute Gasteiger partial charge is 0.453 e. The fraction of sp³-hybridized carbons (Fsp3) is 0.143. The molecule has 2 heterocycles. The first-order chi connectivity index (χ1) is 15.0. The minimum atomic E-state index is 0.0245. The van der Waals surface area contributed by atoms with Gasteiger partial charge in [0.15, 0.2) is 23.0 Å². The van der Waals surface area contributed by atoms with Crippen molar-refractivity contribution in [1.29, 1.82) is 0 Å². The van der Waals surface area contributed by atoms with Gasteiger partial charge in [-0.2, -0.15) is 0 Å². The van der Waals surface area contributed by atoms with Gasteiger partial charge >= 0.3 is 0 Å². The van der Waals surface area contributed by atoms with E-state index < -0.39 is 0 Å². The minimum absolute atomic E-state index is 0.0245. The molecule has 0 radical (unpaired) electrons. The van der Waals surface area contributed by atoms with Crippen LogP contribution in [0.3, 0.4) is 0 Å². The topological polar surface area (TPSA) is 21.7 Å². The SMILES string of the molecule is CC(C)(C)c1ccccc1-c1cc2c3c(c1)Oc1ccccc1N3c1ccccc1O2. The molecule has 31 heavy (non-hydrogen) atoms. The van der Waals surface area contributed by atoms with Crippen LogP contribution in [0.1, 0.15) is 26.3 Å². The molecule has 3 heteroatoms. The normalized spacial score (nSPS) is 13.5. The van der Waals surface area contributed by atoms with Gasteiger partial charge in [-0.25, -0.2) is 0 Å². The number of hydrogen-bond acceptors (Lipinski definition) is 3. The van der Waals surface area contributed by atoms with E-state index in [1.165, 1.54) is 11.1 Å². The van der Waals surface area contributed by atoms with E-state index in [4.69, 9.17) is 9.47 Å². The first-order valence-corrected chi connectivity index (χ1v) is 10.6. The Balaban J connectivity index is 1.62. The molecule has 0 spiro atoms. The van der Waals surface area contributed by atoms with Gasteiger partial charge < -0.3 is 9.47 Å². The van der Waals surface area contributed by atoms with E-state index in [2.05, 4.69) is 74.2 Å². The highest BCUT2D eigenvalue weighted by Crippen LogP contribution is 2.60. The van der Waals surface area contributed by atoms with Gasteiger partial charge in [-0.3, -0.25) is 4.90 Å². The summed E-state index contributed by atoms with van der Waals surface area (Å²) in [6.45, 7) is 6.74. The van der Waals surface area contributed by atoms with Gasteiger partial charge in [-0.05, 0) is 58.5 Å². The van der Waals surface area contributed by atoms with Crippen LogP contribution in [0.5, 0.6) is 23.0 Å². The Labute approximate surface area is 182 Å². The van der Waals surface area contributed by atoms with E-state index in [1.807, 2.05) is 36.4 Å². The van der Waals surface area contributed by atoms with Crippen LogP contribution in [0.15, 0.2) is 84.9 Å². The number of anilines is 3. The summed E-state index contributed by atoms with van der Waals surface area (Å²) < 4.78 is 12.8. The molecule has 0 N–H and O–H groups in total. The third kappa shape index (κ3) is 2.73. The maximum absolute atomic E-state index is 6.41. The fourth-order valence-corrected chi connectivity index (χ4v) is 4.57. The van der Waals surface area contributed by atoms with E-state index in [1.54, 1.807) is 0 Å². The molecule has 0 amide bonds. The van der Waals surface area contributed by atoms with Crippen molar-refractivity contribution in [2.75, 3.05) is 4.90 Å². The smallest absolute Gasteiger partial charge is 0.156 e. The van der Waals surface area contributed by atoms with E-state index in [0.29, 0.717) is 0 Å². The Morgan fingerprint density at radius 1 is 0.613 bits per heavy atom. The van der Waals surface area contributed by atoms with Crippen molar-refractivity contribution in [3.63, 3.8) is 0 Å². The lowest BCUT2D eigenvalue weighted by atomic mass is 9.81. The Morgan fingerprint density at radius 3 is 1.71 bits per heavy atom. The molecule has 0 unspecified atom stereocenters. The highest BCUT2D eigenvalue weighted by molar-refractivity contribution is 5.95. The van der Waals surface area contributed by atoms with E-state index >= 15 is 0 Å². The average molecular weight is 405 g/mol. The molecule has 0 atom stereocenters. The number of rotatable bonds is 1. The van der Waals surface area contributed by atoms with Crippen LogP contribution in [0, 0.1) is 0 Å². The first-order valence-electron chi connectivity index (χ1n) is 10.6. The fourth-order valence-electron chi connectivity index (χ4n) is 4.57. The summed E-state index contributed by atoms with van der Waals surface area (Å²) in [6.07, 6.45) is 0. The van der Waals surface area contributed by atoms with Crippen LogP contribution in [-0.2, 0) is 5.41 Å². The second-order valence-corrected chi connectivity index (χ2v) is 9.09. The lowest BCUT2D eigenvalue weighted by Crippen LogP contribution is -2.20. The van der Waals surface area contributed by atoms with Crippen LogP contribution >= 0.6 is 0 Å².